The summed E-state index contributed by atoms with van der Waals surface area (Å²) in [6.45, 7) is 8.35. The third-order valence-electron chi connectivity index (χ3n) is 5.29. The number of nitrogens with one attached hydrogen (secondary N) is 2. The topological polar surface area (TPSA) is 142 Å². The molecule has 0 aliphatic carbocycles. The summed E-state index contributed by atoms with van der Waals surface area (Å²) in [5, 5.41) is 13.9. The Labute approximate surface area is 209 Å². The van der Waals surface area contributed by atoms with Crippen molar-refractivity contribution in [1.82, 2.24) is 15.5 Å². The molecule has 1 aromatic rings. The molecule has 10 nitrogen and oxygen atoms in total. The second kappa shape index (κ2) is 13.4. The number of aliphatic carboxylic acids is 1. The fraction of sp³-hybridized carbons (Fsp3) is 0.480. The molecule has 11 heteroatoms. The Balaban J connectivity index is 3.33. The van der Waals surface area contributed by atoms with Crippen molar-refractivity contribution in [2.24, 2.45) is 5.41 Å². The van der Waals surface area contributed by atoms with E-state index >= 15 is 0 Å². The summed E-state index contributed by atoms with van der Waals surface area (Å²) in [6, 6.07) is 0.476. The van der Waals surface area contributed by atoms with Gasteiger partial charge in [0.1, 0.15) is 18.4 Å². The molecule has 0 aromatic heterocycles. The van der Waals surface area contributed by atoms with Crippen LogP contribution in [0.15, 0.2) is 30.5 Å². The molecule has 3 atom stereocenters. The molecule has 3 unspecified atom stereocenters. The number of benzene rings is 1. The van der Waals surface area contributed by atoms with Crippen LogP contribution in [-0.4, -0.2) is 65.2 Å². The second-order valence-corrected chi connectivity index (χ2v) is 9.10. The van der Waals surface area contributed by atoms with E-state index < -0.39 is 59.5 Å². The van der Waals surface area contributed by atoms with Gasteiger partial charge in [0, 0.05) is 6.20 Å². The summed E-state index contributed by atoms with van der Waals surface area (Å²) in [5.74, 6) is -4.53. The summed E-state index contributed by atoms with van der Waals surface area (Å²) < 4.78 is 19.6. The zero-order valence-electron chi connectivity index (χ0n) is 21.3. The molecule has 0 radical (unpaired) electrons. The lowest BCUT2D eigenvalue weighted by atomic mass is 9.85. The second-order valence-electron chi connectivity index (χ2n) is 9.10. The fourth-order valence-corrected chi connectivity index (χ4v) is 3.45. The van der Waals surface area contributed by atoms with Crippen LogP contribution in [0.25, 0.3) is 0 Å². The molecule has 0 spiro atoms. The van der Waals surface area contributed by atoms with E-state index in [1.165, 1.54) is 37.6 Å². The van der Waals surface area contributed by atoms with Crippen molar-refractivity contribution in [3.05, 3.63) is 41.9 Å². The van der Waals surface area contributed by atoms with E-state index in [9.17, 15) is 28.4 Å². The number of nitrogens with zero attached hydrogens (tertiary/aromatic N) is 1. The van der Waals surface area contributed by atoms with Gasteiger partial charge in [-0.2, -0.15) is 0 Å². The molecular weight excluding hydrogens is 473 g/mol. The first-order chi connectivity index (χ1) is 16.8. The van der Waals surface area contributed by atoms with Gasteiger partial charge in [0.15, 0.2) is 11.6 Å². The quantitative estimate of drug-likeness (QED) is 0.369. The number of amides is 3. The van der Waals surface area contributed by atoms with Crippen LogP contribution in [-0.2, 0) is 19.2 Å². The average Bonchev–Trinajstić information content (AvgIpc) is 2.80. The van der Waals surface area contributed by atoms with Gasteiger partial charge in [-0.25, -0.2) is 4.39 Å². The number of hydrogen-bond donors (Lipinski definition) is 3. The van der Waals surface area contributed by atoms with Gasteiger partial charge in [-0.3, -0.25) is 19.2 Å². The van der Waals surface area contributed by atoms with E-state index in [1.807, 2.05) is 0 Å². The Kier molecular flexibility index (Phi) is 11.2. The number of carbonyl (C=O) groups is 5. The van der Waals surface area contributed by atoms with E-state index in [2.05, 4.69) is 10.6 Å². The van der Waals surface area contributed by atoms with E-state index in [4.69, 9.17) is 9.84 Å². The third kappa shape index (κ3) is 7.89. The number of carboxylic acids is 1. The number of aldehydes is 1. The van der Waals surface area contributed by atoms with Crippen molar-refractivity contribution in [3.63, 3.8) is 0 Å². The Morgan fingerprint density at radius 1 is 1.19 bits per heavy atom. The lowest BCUT2D eigenvalue weighted by Crippen LogP contribution is -2.58. The molecule has 0 fully saturated rings. The van der Waals surface area contributed by atoms with Crippen molar-refractivity contribution in [1.29, 1.82) is 0 Å². The van der Waals surface area contributed by atoms with E-state index in [-0.39, 0.29) is 17.7 Å². The monoisotopic (exact) mass is 507 g/mol. The number of allylic oxidation sites excluding steroid dienone is 1. The van der Waals surface area contributed by atoms with Crippen molar-refractivity contribution in [2.45, 2.75) is 65.6 Å². The standard InChI is InChI=1S/C25H34FN3O7/c1-7-12-29(17(8-2)23(34)27-15(14-30)13-19(31)32)24(35)21(25(3,4)5)28-22(33)16-10-9-11-18(36-6)20(16)26/h7,9-12,14-15,17,21H,8,13H2,1-6H3,(H,27,34)(H,28,33)(H,31,32)/b12-7-. The highest BCUT2D eigenvalue weighted by Gasteiger charge is 2.39. The first kappa shape index (κ1) is 30.3. The average molecular weight is 508 g/mol. The molecule has 0 saturated carbocycles. The van der Waals surface area contributed by atoms with Gasteiger partial charge in [0.2, 0.25) is 11.8 Å². The summed E-state index contributed by atoms with van der Waals surface area (Å²) in [4.78, 5) is 62.9. The molecule has 0 aliphatic rings. The van der Waals surface area contributed by atoms with Crippen molar-refractivity contribution >= 4 is 30.0 Å². The molecule has 0 bridgehead atoms. The van der Waals surface area contributed by atoms with Crippen LogP contribution in [0, 0.1) is 11.2 Å². The largest absolute Gasteiger partial charge is 0.494 e. The predicted molar refractivity (Wildman–Crippen MR) is 130 cm³/mol. The van der Waals surface area contributed by atoms with Crippen molar-refractivity contribution in [3.8, 4) is 5.75 Å². The van der Waals surface area contributed by atoms with Crippen LogP contribution in [0.4, 0.5) is 4.39 Å². The van der Waals surface area contributed by atoms with E-state index in [1.54, 1.807) is 34.6 Å². The van der Waals surface area contributed by atoms with E-state index in [0.717, 1.165) is 4.90 Å². The smallest absolute Gasteiger partial charge is 0.305 e. The van der Waals surface area contributed by atoms with Crippen LogP contribution in [0.1, 0.15) is 57.8 Å². The molecule has 1 rings (SSSR count). The normalized spacial score (nSPS) is 13.9. The summed E-state index contributed by atoms with van der Waals surface area (Å²) in [6.07, 6.45) is 2.69. The van der Waals surface area contributed by atoms with Gasteiger partial charge in [-0.05, 0) is 30.9 Å². The first-order valence-electron chi connectivity index (χ1n) is 11.4. The maximum Gasteiger partial charge on any atom is 0.305 e. The Morgan fingerprint density at radius 3 is 2.31 bits per heavy atom. The number of hydrogen-bond acceptors (Lipinski definition) is 6. The van der Waals surface area contributed by atoms with Crippen LogP contribution in [0.2, 0.25) is 0 Å². The SMILES string of the molecule is C/C=C\N(C(=O)C(NC(=O)c1cccc(OC)c1F)C(C)(C)C)C(CC)C(=O)NC(C=O)CC(=O)O. The zero-order valence-corrected chi connectivity index (χ0v) is 21.3. The maximum absolute atomic E-state index is 14.7. The number of ether oxygens (including phenoxy) is 1. The Hall–Kier alpha value is -3.76. The van der Waals surface area contributed by atoms with Gasteiger partial charge in [0.05, 0.1) is 25.1 Å². The minimum atomic E-state index is -1.28. The lowest BCUT2D eigenvalue weighted by molar-refractivity contribution is -0.142. The third-order valence-corrected chi connectivity index (χ3v) is 5.29. The number of rotatable bonds is 12. The van der Waals surface area contributed by atoms with Crippen LogP contribution in [0.5, 0.6) is 5.75 Å². The number of halogens is 1. The Morgan fingerprint density at radius 2 is 1.83 bits per heavy atom. The predicted octanol–water partition coefficient (Wildman–Crippen LogP) is 2.28. The zero-order chi connectivity index (χ0) is 27.6. The fourth-order valence-electron chi connectivity index (χ4n) is 3.45. The summed E-state index contributed by atoms with van der Waals surface area (Å²) in [7, 11) is 1.26. The Bertz CT molecular complexity index is 1000. The maximum atomic E-state index is 14.7. The van der Waals surface area contributed by atoms with Gasteiger partial charge < -0.3 is 30.2 Å². The molecular formula is C25H34FN3O7. The van der Waals surface area contributed by atoms with E-state index in [0.29, 0.717) is 6.29 Å². The van der Waals surface area contributed by atoms with Gasteiger partial charge >= 0.3 is 5.97 Å². The number of carboxylic acid groups (broad SMARTS) is 1. The molecule has 36 heavy (non-hydrogen) atoms. The van der Waals surface area contributed by atoms with Crippen LogP contribution in [0.3, 0.4) is 0 Å². The van der Waals surface area contributed by atoms with Crippen molar-refractivity contribution < 1.29 is 38.2 Å². The number of carbonyl (C=O) groups excluding carboxylic acids is 4. The van der Waals surface area contributed by atoms with Crippen LogP contribution >= 0.6 is 0 Å². The molecule has 1 aromatic carbocycles. The minimum Gasteiger partial charge on any atom is -0.494 e. The lowest BCUT2D eigenvalue weighted by Gasteiger charge is -2.36. The highest BCUT2D eigenvalue weighted by molar-refractivity contribution is 5.99. The minimum absolute atomic E-state index is 0.121. The van der Waals surface area contributed by atoms with Crippen molar-refractivity contribution in [2.75, 3.05) is 7.11 Å². The molecule has 198 valence electrons. The highest BCUT2D eigenvalue weighted by Crippen LogP contribution is 2.25. The summed E-state index contributed by atoms with van der Waals surface area (Å²) >= 11 is 0. The van der Waals surface area contributed by atoms with Gasteiger partial charge in [-0.1, -0.05) is 39.8 Å². The van der Waals surface area contributed by atoms with Gasteiger partial charge in [0.25, 0.3) is 5.91 Å². The number of methoxy groups -OCH3 is 1. The molecule has 0 aliphatic heterocycles. The van der Waals surface area contributed by atoms with Gasteiger partial charge in [-0.15, -0.1) is 0 Å². The first-order valence-corrected chi connectivity index (χ1v) is 11.4. The van der Waals surface area contributed by atoms with Crippen LogP contribution < -0.4 is 15.4 Å². The molecule has 3 amide bonds. The highest BCUT2D eigenvalue weighted by atomic mass is 19.1. The molecule has 0 saturated heterocycles. The summed E-state index contributed by atoms with van der Waals surface area (Å²) in [5.41, 5.74) is -1.17. The molecule has 0 heterocycles. The molecule has 3 N–H and O–H groups in total.